The first kappa shape index (κ1) is 49.2. The number of rotatable bonds is 17. The molecule has 8 unspecified atom stereocenters. The molecule has 14 N–H and O–H groups in total. The van der Waals surface area contributed by atoms with Crippen molar-refractivity contribution in [2.75, 3.05) is 31.7 Å². The van der Waals surface area contributed by atoms with E-state index in [0.717, 1.165) is 0 Å². The van der Waals surface area contributed by atoms with Crippen molar-refractivity contribution in [1.29, 1.82) is 0 Å². The number of terminal acetylenes is 1. The lowest BCUT2D eigenvalue weighted by Gasteiger charge is -2.49. The molecule has 4 aliphatic heterocycles. The standard InChI is InChI=1S/C37H54FNO22/c1-2-3-4-5-21(44)39-15-6-7-16(14(8-15)9-38)54-34-28(51)24(47)31(18(11-41)56-34)60-36-30(53)26(49)33(20(13-43)58-36)61-37-29(52)25(48)32(19(12-42)57-37)59-35-27(50)23(46)22(45)17(10-40)55-35/h1,6-8,17-20,22-37,40-43,45-53H,3-5,9-13H2,(H,39,44)/t17?,18?,19?,20?,22-,23+,24-,25-,26-,27?,28?,29?,30?,31-,32-,33-,34-,35-,36-,37-/m1/s1. The zero-order valence-corrected chi connectivity index (χ0v) is 32.4. The molecule has 1 aromatic carbocycles. The number of aliphatic hydroxyl groups is 13. The fourth-order valence-corrected chi connectivity index (χ4v) is 7.20. The molecule has 0 bridgehead atoms. The summed E-state index contributed by atoms with van der Waals surface area (Å²) in [7, 11) is 0. The minimum atomic E-state index is -2.09. The second kappa shape index (κ2) is 22.2. The summed E-state index contributed by atoms with van der Waals surface area (Å²) in [5.74, 6) is 1.91. The Kier molecular flexibility index (Phi) is 17.9. The van der Waals surface area contributed by atoms with Crippen LogP contribution in [0.5, 0.6) is 5.75 Å². The van der Waals surface area contributed by atoms with Gasteiger partial charge in [-0.15, -0.1) is 12.3 Å². The van der Waals surface area contributed by atoms with Crippen molar-refractivity contribution >= 4 is 11.6 Å². The zero-order valence-electron chi connectivity index (χ0n) is 32.4. The van der Waals surface area contributed by atoms with Gasteiger partial charge in [-0.1, -0.05) is 0 Å². The Hall–Kier alpha value is -2.82. The lowest BCUT2D eigenvalue weighted by Crippen LogP contribution is -2.67. The Morgan fingerprint density at radius 2 is 1.05 bits per heavy atom. The van der Waals surface area contributed by atoms with Gasteiger partial charge in [0.1, 0.15) is 110 Å². The third kappa shape index (κ3) is 11.1. The predicted octanol–water partition coefficient (Wildman–Crippen LogP) is -6.45. The maximum atomic E-state index is 14.1. The van der Waals surface area contributed by atoms with Crippen LogP contribution in [0.2, 0.25) is 0 Å². The maximum Gasteiger partial charge on any atom is 0.229 e. The summed E-state index contributed by atoms with van der Waals surface area (Å²) in [4.78, 5) is 12.2. The molecule has 0 radical (unpaired) electrons. The monoisotopic (exact) mass is 883 g/mol. The van der Waals surface area contributed by atoms with Crippen molar-refractivity contribution in [3.8, 4) is 18.1 Å². The van der Waals surface area contributed by atoms with E-state index in [-0.39, 0.29) is 29.3 Å². The number of benzene rings is 1. The van der Waals surface area contributed by atoms with Crippen LogP contribution in [0.1, 0.15) is 24.8 Å². The van der Waals surface area contributed by atoms with Crippen molar-refractivity contribution in [3.05, 3.63) is 23.8 Å². The number of carbonyl (C=O) groups excluding carboxylic acids is 1. The smallest absolute Gasteiger partial charge is 0.229 e. The Balaban J connectivity index is 1.21. The molecule has 61 heavy (non-hydrogen) atoms. The van der Waals surface area contributed by atoms with Crippen LogP contribution in [0.15, 0.2) is 18.2 Å². The van der Waals surface area contributed by atoms with Gasteiger partial charge in [-0.25, -0.2) is 4.39 Å². The van der Waals surface area contributed by atoms with Crippen LogP contribution in [-0.2, 0) is 44.6 Å². The molecule has 4 fully saturated rings. The van der Waals surface area contributed by atoms with Gasteiger partial charge in [-0.3, -0.25) is 4.79 Å². The number of aliphatic hydroxyl groups excluding tert-OH is 13. The molecule has 23 nitrogen and oxygen atoms in total. The molecular weight excluding hydrogens is 829 g/mol. The number of ether oxygens (including phenoxy) is 8. The molecule has 4 heterocycles. The van der Waals surface area contributed by atoms with Crippen LogP contribution >= 0.6 is 0 Å². The first-order valence-electron chi connectivity index (χ1n) is 19.4. The normalized spacial score (nSPS) is 41.8. The van der Waals surface area contributed by atoms with E-state index in [1.54, 1.807) is 0 Å². The fourth-order valence-electron chi connectivity index (χ4n) is 7.20. The highest BCUT2D eigenvalue weighted by molar-refractivity contribution is 5.90. The average Bonchev–Trinajstić information content (AvgIpc) is 3.25. The van der Waals surface area contributed by atoms with E-state index in [4.69, 9.17) is 44.3 Å². The molecule has 24 heteroatoms. The van der Waals surface area contributed by atoms with E-state index >= 15 is 0 Å². The largest absolute Gasteiger partial charge is 0.462 e. The number of halogens is 1. The van der Waals surface area contributed by atoms with Crippen molar-refractivity contribution in [3.63, 3.8) is 0 Å². The van der Waals surface area contributed by atoms with Crippen LogP contribution in [0.3, 0.4) is 0 Å². The van der Waals surface area contributed by atoms with Gasteiger partial charge in [-0.05, 0) is 24.6 Å². The van der Waals surface area contributed by atoms with E-state index in [9.17, 15) is 75.6 Å². The van der Waals surface area contributed by atoms with Gasteiger partial charge in [-0.2, -0.15) is 0 Å². The van der Waals surface area contributed by atoms with Crippen LogP contribution in [0.4, 0.5) is 10.1 Å². The third-order valence-corrected chi connectivity index (χ3v) is 10.6. The summed E-state index contributed by atoms with van der Waals surface area (Å²) in [6.45, 7) is -4.66. The highest BCUT2D eigenvalue weighted by Crippen LogP contribution is 2.35. The van der Waals surface area contributed by atoms with Gasteiger partial charge in [0, 0.05) is 24.1 Å². The van der Waals surface area contributed by atoms with E-state index < -0.39 is 156 Å². The second-order valence-corrected chi connectivity index (χ2v) is 14.8. The molecular formula is C37H54FNO22. The molecule has 0 spiro atoms. The molecule has 1 aromatic rings. The van der Waals surface area contributed by atoms with Crippen molar-refractivity contribution in [1.82, 2.24) is 0 Å². The summed E-state index contributed by atoms with van der Waals surface area (Å²) in [5.41, 5.74) is 0.168. The lowest BCUT2D eigenvalue weighted by atomic mass is 9.95. The molecule has 4 aliphatic rings. The summed E-state index contributed by atoms with van der Waals surface area (Å²) in [5, 5.41) is 139. The topological polar surface area (TPSA) is 366 Å². The second-order valence-electron chi connectivity index (χ2n) is 14.8. The predicted molar refractivity (Wildman–Crippen MR) is 195 cm³/mol. The van der Waals surface area contributed by atoms with Crippen LogP contribution in [0, 0.1) is 12.3 Å². The van der Waals surface area contributed by atoms with Crippen molar-refractivity contribution in [2.45, 2.75) is 149 Å². The molecule has 0 aliphatic carbocycles. The van der Waals surface area contributed by atoms with Gasteiger partial charge >= 0.3 is 0 Å². The Morgan fingerprint density at radius 3 is 1.49 bits per heavy atom. The first-order valence-corrected chi connectivity index (χ1v) is 19.4. The Labute approximate surface area is 347 Å². The lowest BCUT2D eigenvalue weighted by molar-refractivity contribution is -0.387. The van der Waals surface area contributed by atoms with Gasteiger partial charge < -0.3 is 110 Å². The maximum absolute atomic E-state index is 14.1. The van der Waals surface area contributed by atoms with Gasteiger partial charge in [0.25, 0.3) is 0 Å². The molecule has 1 amide bonds. The quantitative estimate of drug-likeness (QED) is 0.0511. The van der Waals surface area contributed by atoms with E-state index in [1.807, 2.05) is 0 Å². The highest BCUT2D eigenvalue weighted by atomic mass is 19.1. The summed E-state index contributed by atoms with van der Waals surface area (Å²) in [6, 6.07) is 3.96. The van der Waals surface area contributed by atoms with Crippen LogP contribution in [0.25, 0.3) is 0 Å². The van der Waals surface area contributed by atoms with E-state index in [0.29, 0.717) is 12.8 Å². The summed E-state index contributed by atoms with van der Waals surface area (Å²) < 4.78 is 58.7. The minimum Gasteiger partial charge on any atom is -0.462 e. The number of unbranched alkanes of at least 4 members (excludes halogenated alkanes) is 1. The highest BCUT2D eigenvalue weighted by Gasteiger charge is 2.55. The van der Waals surface area contributed by atoms with Crippen molar-refractivity contribution < 1.29 is 113 Å². The summed E-state index contributed by atoms with van der Waals surface area (Å²) in [6.07, 6.45) is -30.1. The SMILES string of the molecule is C#CCCCC(=O)Nc1ccc(O[C@@H]2OC(CO)[C@@H](O[C@H]3OC(CO)[C@@H](O[C@H]4OC(CO)[C@@H](O[C@H]5OC(CO)[C@@H](O)[C@H](O)C5O)[C@H](O)C4O)[C@H](O)C3O)[C@H](O)C2O)c(CF)c1. The fraction of sp³-hybridized carbons (Fsp3) is 0.757. The zero-order chi connectivity index (χ0) is 44.7. The first-order chi connectivity index (χ1) is 29.1. The molecule has 5 rings (SSSR count). The molecule has 0 aromatic heterocycles. The molecule has 346 valence electrons. The van der Waals surface area contributed by atoms with Crippen LogP contribution < -0.4 is 10.1 Å². The third-order valence-electron chi connectivity index (χ3n) is 10.6. The summed E-state index contributed by atoms with van der Waals surface area (Å²) >= 11 is 0. The van der Waals surface area contributed by atoms with Crippen molar-refractivity contribution in [2.24, 2.45) is 0 Å². The minimum absolute atomic E-state index is 0.0704. The number of hydrogen-bond donors (Lipinski definition) is 14. The van der Waals surface area contributed by atoms with Crippen LogP contribution in [-0.4, -0.2) is 222 Å². The Morgan fingerprint density at radius 1 is 0.623 bits per heavy atom. The number of hydrogen-bond acceptors (Lipinski definition) is 22. The van der Waals surface area contributed by atoms with E-state index in [2.05, 4.69) is 11.2 Å². The number of alkyl halides is 1. The van der Waals surface area contributed by atoms with Gasteiger partial charge in [0.2, 0.25) is 12.2 Å². The molecule has 0 saturated carbocycles. The average molecular weight is 884 g/mol. The number of anilines is 1. The number of amides is 1. The number of nitrogens with one attached hydrogen (secondary N) is 1. The Bertz CT molecular complexity index is 1590. The van der Waals surface area contributed by atoms with Gasteiger partial charge in [0.05, 0.1) is 26.4 Å². The van der Waals surface area contributed by atoms with Gasteiger partial charge in [0.15, 0.2) is 18.9 Å². The number of carbonyl (C=O) groups is 1. The molecule has 20 atom stereocenters. The van der Waals surface area contributed by atoms with E-state index in [1.165, 1.54) is 18.2 Å². The molecule has 4 saturated heterocycles.